The number of anilines is 1. The quantitative estimate of drug-likeness (QED) is 0.346. The molecule has 6 heteroatoms. The average molecular weight is 311 g/mol. The fourth-order valence-corrected chi connectivity index (χ4v) is 1.31. The van der Waals surface area contributed by atoms with Crippen molar-refractivity contribution >= 4 is 5.69 Å². The molecule has 0 aliphatic heterocycles. The Morgan fingerprint density at radius 3 is 2.64 bits per heavy atom. The summed E-state index contributed by atoms with van der Waals surface area (Å²) in [6.45, 7) is 7.15. The summed E-state index contributed by atoms with van der Waals surface area (Å²) >= 11 is 0. The molecule has 0 spiro atoms. The summed E-state index contributed by atoms with van der Waals surface area (Å²) in [6.07, 6.45) is 6.76. The van der Waals surface area contributed by atoms with Crippen molar-refractivity contribution in [2.24, 2.45) is 5.84 Å². The Kier molecular flexibility index (Phi) is 10.3. The SMILES string of the molecule is C/C(F)=C\C/C=C\C(F)=C\Oc1cc(C)c(NN)cn1.CC. The van der Waals surface area contributed by atoms with Gasteiger partial charge in [-0.05, 0) is 38.0 Å². The minimum atomic E-state index is -0.588. The van der Waals surface area contributed by atoms with Crippen molar-refractivity contribution in [3.8, 4) is 5.88 Å². The number of nitrogens with zero attached hydrogens (tertiary/aromatic N) is 1. The molecule has 0 atom stereocenters. The van der Waals surface area contributed by atoms with E-state index in [9.17, 15) is 8.78 Å². The van der Waals surface area contributed by atoms with Crippen molar-refractivity contribution in [1.82, 2.24) is 4.98 Å². The van der Waals surface area contributed by atoms with Crippen molar-refractivity contribution < 1.29 is 13.5 Å². The first-order valence-electron chi connectivity index (χ1n) is 6.97. The van der Waals surface area contributed by atoms with Crippen LogP contribution in [0.4, 0.5) is 14.5 Å². The first-order valence-corrected chi connectivity index (χ1v) is 6.97. The van der Waals surface area contributed by atoms with Crippen molar-refractivity contribution in [3.05, 3.63) is 54.0 Å². The topological polar surface area (TPSA) is 60.2 Å². The third-order valence-electron chi connectivity index (χ3n) is 2.35. The van der Waals surface area contributed by atoms with E-state index in [-0.39, 0.29) is 11.7 Å². The van der Waals surface area contributed by atoms with Gasteiger partial charge >= 0.3 is 0 Å². The fraction of sp³-hybridized carbons (Fsp3) is 0.312. The van der Waals surface area contributed by atoms with Gasteiger partial charge in [-0.15, -0.1) is 0 Å². The lowest BCUT2D eigenvalue weighted by atomic mass is 10.2. The summed E-state index contributed by atoms with van der Waals surface area (Å²) in [7, 11) is 0. The van der Waals surface area contributed by atoms with Gasteiger partial charge in [-0.3, -0.25) is 5.84 Å². The molecule has 1 rings (SSSR count). The lowest BCUT2D eigenvalue weighted by Gasteiger charge is -2.05. The van der Waals surface area contributed by atoms with E-state index in [0.717, 1.165) is 11.8 Å². The maximum atomic E-state index is 13.3. The zero-order valence-electron chi connectivity index (χ0n) is 13.4. The number of hydrogen-bond acceptors (Lipinski definition) is 4. The van der Waals surface area contributed by atoms with Gasteiger partial charge in [0.2, 0.25) is 5.88 Å². The lowest BCUT2D eigenvalue weighted by Crippen LogP contribution is -2.08. The Morgan fingerprint density at radius 2 is 2.09 bits per heavy atom. The number of nitrogen functional groups attached to an aromatic ring is 1. The molecule has 0 saturated heterocycles. The second-order valence-electron chi connectivity index (χ2n) is 4.03. The van der Waals surface area contributed by atoms with Gasteiger partial charge in [0.1, 0.15) is 6.26 Å². The normalized spacial score (nSPS) is 12.0. The van der Waals surface area contributed by atoms with Crippen LogP contribution in [0.25, 0.3) is 0 Å². The molecule has 0 radical (unpaired) electrons. The first-order chi connectivity index (χ1) is 10.5. The van der Waals surface area contributed by atoms with Crippen LogP contribution >= 0.6 is 0 Å². The summed E-state index contributed by atoms with van der Waals surface area (Å²) in [4.78, 5) is 3.94. The Morgan fingerprint density at radius 1 is 1.41 bits per heavy atom. The number of aryl methyl sites for hydroxylation is 1. The minimum absolute atomic E-state index is 0.254. The number of hydrogen-bond donors (Lipinski definition) is 2. The molecular formula is C16H23F2N3O. The second-order valence-corrected chi connectivity index (χ2v) is 4.03. The van der Waals surface area contributed by atoms with Gasteiger partial charge in [0.15, 0.2) is 5.83 Å². The molecule has 22 heavy (non-hydrogen) atoms. The van der Waals surface area contributed by atoms with Crippen molar-refractivity contribution in [3.63, 3.8) is 0 Å². The van der Waals surface area contributed by atoms with E-state index in [1.54, 1.807) is 6.07 Å². The van der Waals surface area contributed by atoms with Gasteiger partial charge in [-0.25, -0.2) is 13.8 Å². The highest BCUT2D eigenvalue weighted by atomic mass is 19.1. The molecule has 0 aliphatic rings. The van der Waals surface area contributed by atoms with Crippen LogP contribution < -0.4 is 16.0 Å². The summed E-state index contributed by atoms with van der Waals surface area (Å²) in [6, 6.07) is 1.62. The van der Waals surface area contributed by atoms with Gasteiger partial charge in [0, 0.05) is 6.07 Å². The molecule has 0 amide bonds. The maximum Gasteiger partial charge on any atom is 0.218 e. The zero-order chi connectivity index (χ0) is 17.0. The van der Waals surface area contributed by atoms with E-state index >= 15 is 0 Å². The molecule has 0 bridgehead atoms. The first kappa shape index (κ1) is 19.8. The van der Waals surface area contributed by atoms with Gasteiger partial charge in [-0.1, -0.05) is 19.9 Å². The maximum absolute atomic E-state index is 13.3. The number of nitrogens with one attached hydrogen (secondary N) is 1. The second kappa shape index (κ2) is 11.4. The summed E-state index contributed by atoms with van der Waals surface area (Å²) in [5.74, 6) is 4.63. The Balaban J connectivity index is 0.00000211. The molecule has 0 saturated carbocycles. The predicted octanol–water partition coefficient (Wildman–Crippen LogP) is 4.71. The number of rotatable bonds is 6. The minimum Gasteiger partial charge on any atom is -0.444 e. The Bertz CT molecular complexity index is 536. The molecule has 0 fully saturated rings. The Labute approximate surface area is 130 Å². The van der Waals surface area contributed by atoms with Crippen molar-refractivity contribution in [2.75, 3.05) is 5.43 Å². The molecule has 0 aromatic carbocycles. The van der Waals surface area contributed by atoms with Gasteiger partial charge < -0.3 is 10.2 Å². The number of hydrazine groups is 1. The standard InChI is InChI=1S/C14H17F2N3O.C2H6/c1-10-7-14(18-8-13(10)19-17)20-9-12(16)6-4-3-5-11(2)15;1-2/h4-9,19H,3,17H2,1-2H3;1-2H3/b6-4-,11-5+,12-9-;. The number of allylic oxidation sites excluding steroid dienone is 5. The molecule has 1 aromatic rings. The summed E-state index contributed by atoms with van der Waals surface area (Å²) in [5, 5.41) is 0. The molecular weight excluding hydrogens is 288 g/mol. The average Bonchev–Trinajstić information content (AvgIpc) is 2.51. The van der Waals surface area contributed by atoms with Crippen LogP contribution in [0.1, 0.15) is 32.8 Å². The molecule has 3 N–H and O–H groups in total. The fourth-order valence-electron chi connectivity index (χ4n) is 1.31. The van der Waals surface area contributed by atoms with E-state index in [2.05, 4.69) is 10.4 Å². The molecule has 0 aliphatic carbocycles. The smallest absolute Gasteiger partial charge is 0.218 e. The Hall–Kier alpha value is -2.21. The van der Waals surface area contributed by atoms with Crippen LogP contribution in [0, 0.1) is 6.92 Å². The van der Waals surface area contributed by atoms with Crippen molar-refractivity contribution in [1.29, 1.82) is 0 Å². The van der Waals surface area contributed by atoms with Crippen LogP contribution in [0.5, 0.6) is 5.88 Å². The summed E-state index contributed by atoms with van der Waals surface area (Å²) < 4.78 is 30.8. The van der Waals surface area contributed by atoms with E-state index in [0.29, 0.717) is 12.1 Å². The number of aromatic nitrogens is 1. The predicted molar refractivity (Wildman–Crippen MR) is 86.6 cm³/mol. The summed E-state index contributed by atoms with van der Waals surface area (Å²) in [5.41, 5.74) is 3.96. The molecule has 4 nitrogen and oxygen atoms in total. The zero-order valence-corrected chi connectivity index (χ0v) is 13.4. The number of pyridine rings is 1. The lowest BCUT2D eigenvalue weighted by molar-refractivity contribution is 0.439. The highest BCUT2D eigenvalue weighted by Crippen LogP contribution is 2.17. The number of nitrogens with two attached hydrogens (primary N) is 1. The largest absolute Gasteiger partial charge is 0.444 e. The number of halogens is 2. The van der Waals surface area contributed by atoms with E-state index in [1.165, 1.54) is 31.3 Å². The third kappa shape index (κ3) is 8.16. The van der Waals surface area contributed by atoms with E-state index in [1.807, 2.05) is 20.8 Å². The van der Waals surface area contributed by atoms with Crippen LogP contribution in [-0.4, -0.2) is 4.98 Å². The highest BCUT2D eigenvalue weighted by molar-refractivity contribution is 5.49. The molecule has 1 aromatic heterocycles. The molecule has 122 valence electrons. The molecule has 0 unspecified atom stereocenters. The van der Waals surface area contributed by atoms with E-state index in [4.69, 9.17) is 10.6 Å². The van der Waals surface area contributed by atoms with Crippen LogP contribution in [0.3, 0.4) is 0 Å². The van der Waals surface area contributed by atoms with Gasteiger partial charge in [0.25, 0.3) is 0 Å². The molecule has 1 heterocycles. The van der Waals surface area contributed by atoms with E-state index < -0.39 is 5.83 Å². The van der Waals surface area contributed by atoms with Crippen LogP contribution in [0.2, 0.25) is 0 Å². The van der Waals surface area contributed by atoms with Gasteiger partial charge in [0.05, 0.1) is 17.7 Å². The van der Waals surface area contributed by atoms with Gasteiger partial charge in [-0.2, -0.15) is 0 Å². The number of ether oxygens (including phenoxy) is 1. The van der Waals surface area contributed by atoms with Crippen molar-refractivity contribution in [2.45, 2.75) is 34.1 Å². The van der Waals surface area contributed by atoms with Crippen LogP contribution in [-0.2, 0) is 0 Å². The third-order valence-corrected chi connectivity index (χ3v) is 2.35. The monoisotopic (exact) mass is 311 g/mol. The van der Waals surface area contributed by atoms with Crippen LogP contribution in [0.15, 0.2) is 48.4 Å². The highest BCUT2D eigenvalue weighted by Gasteiger charge is 2.00.